The highest BCUT2D eigenvalue weighted by molar-refractivity contribution is 5.93. The van der Waals surface area contributed by atoms with Gasteiger partial charge in [0, 0.05) is 23.2 Å². The summed E-state index contributed by atoms with van der Waals surface area (Å²) in [5.41, 5.74) is 3.51. The first kappa shape index (κ1) is 31.8. The van der Waals surface area contributed by atoms with Gasteiger partial charge in [0.2, 0.25) is 5.78 Å². The number of ether oxygens (including phenoxy) is 2. The molecule has 0 heterocycles. The Kier molecular flexibility index (Phi) is 9.24. The Hall–Kier alpha value is -3.16. The van der Waals surface area contributed by atoms with E-state index in [1.165, 1.54) is 0 Å². The van der Waals surface area contributed by atoms with Gasteiger partial charge >= 0.3 is 11.9 Å². The van der Waals surface area contributed by atoms with Gasteiger partial charge in [0.25, 0.3) is 5.09 Å². The third-order valence-electron chi connectivity index (χ3n) is 10.1. The van der Waals surface area contributed by atoms with Crippen molar-refractivity contribution in [3.05, 3.63) is 33.9 Å². The molecule has 0 aromatic carbocycles. The van der Waals surface area contributed by atoms with Crippen LogP contribution in [-0.2, 0) is 33.5 Å². The minimum Gasteiger partial charge on any atom is -0.465 e. The number of carbonyl (C=O) groups excluding carboxylic acids is 4. The van der Waals surface area contributed by atoms with Gasteiger partial charge in [-0.25, -0.2) is 0 Å². The lowest BCUT2D eigenvalue weighted by Gasteiger charge is -2.58. The molecule has 0 aliphatic heterocycles. The van der Waals surface area contributed by atoms with Crippen LogP contribution in [0.3, 0.4) is 0 Å². The lowest BCUT2D eigenvalue weighted by atomic mass is 9.47. The van der Waals surface area contributed by atoms with E-state index in [9.17, 15) is 39.5 Å². The number of hydrogen-bond donors (Lipinski definition) is 3. The van der Waals surface area contributed by atoms with Crippen molar-refractivity contribution < 1.29 is 48.8 Å². The van der Waals surface area contributed by atoms with E-state index >= 15 is 0 Å². The fourth-order valence-corrected chi connectivity index (χ4v) is 7.91. The summed E-state index contributed by atoms with van der Waals surface area (Å²) in [6.45, 7) is 2.96. The van der Waals surface area contributed by atoms with Gasteiger partial charge in [0.15, 0.2) is 12.4 Å². The van der Waals surface area contributed by atoms with E-state index in [2.05, 4.69) is 10.9 Å². The average Bonchev–Trinajstić information content (AvgIpc) is 3.19. The van der Waals surface area contributed by atoms with Crippen LogP contribution in [0, 0.1) is 38.7 Å². The number of hydrogen-bond acceptors (Lipinski definition) is 12. The van der Waals surface area contributed by atoms with Crippen molar-refractivity contribution in [1.82, 2.24) is 0 Å². The number of fused-ring (bicyclic) bond motifs is 5. The maximum Gasteiger partial charge on any atom is 0.323 e. The molecule has 232 valence electrons. The SMILES string of the molecule is C[C@]12C=CC(=O)CC1=CC[C@@H]1[C@@H]2[C@@H](O)C[C@@]2(C)[C@H]1CC[C@]2(O)C(=O)COC(=O)CC(N)C(=O)OCCCCO[N+](=O)[O-]. The first-order valence-electron chi connectivity index (χ1n) is 14.4. The number of nitrogens with two attached hydrogens (primary N) is 1. The van der Waals surface area contributed by atoms with Gasteiger partial charge in [-0.1, -0.05) is 31.6 Å². The number of Topliss-reactive ketones (excluding diaryl/α,β-unsaturated/α-hetero) is 1. The largest absolute Gasteiger partial charge is 0.465 e. The Morgan fingerprint density at radius 2 is 1.93 bits per heavy atom. The molecule has 0 radical (unpaired) electrons. The van der Waals surface area contributed by atoms with Crippen LogP contribution in [0.5, 0.6) is 0 Å². The first-order chi connectivity index (χ1) is 19.7. The minimum absolute atomic E-state index is 0.000620. The molecule has 2 fully saturated rings. The number of carbonyl (C=O) groups is 4. The molecule has 2 saturated carbocycles. The van der Waals surface area contributed by atoms with Crippen LogP contribution in [0.15, 0.2) is 23.8 Å². The third kappa shape index (κ3) is 5.86. The average molecular weight is 593 g/mol. The number of unbranched alkanes of at least 4 members (excludes halogenated alkanes) is 1. The van der Waals surface area contributed by atoms with Gasteiger partial charge in [-0.05, 0) is 56.4 Å². The van der Waals surface area contributed by atoms with Crippen LogP contribution in [0.2, 0.25) is 0 Å². The zero-order valence-corrected chi connectivity index (χ0v) is 24.0. The van der Waals surface area contributed by atoms with Crippen LogP contribution in [0.25, 0.3) is 0 Å². The van der Waals surface area contributed by atoms with Gasteiger partial charge in [-0.2, -0.15) is 0 Å². The molecule has 1 unspecified atom stereocenters. The van der Waals surface area contributed by atoms with Crippen molar-refractivity contribution in [3.63, 3.8) is 0 Å². The second-order valence-electron chi connectivity index (χ2n) is 12.4. The third-order valence-corrected chi connectivity index (χ3v) is 10.1. The monoisotopic (exact) mass is 592 g/mol. The van der Waals surface area contributed by atoms with Crippen LogP contribution in [0.4, 0.5) is 0 Å². The normalized spacial score (nSPS) is 35.6. The summed E-state index contributed by atoms with van der Waals surface area (Å²) in [6.07, 6.45) is 6.70. The van der Waals surface area contributed by atoms with Crippen molar-refractivity contribution >= 4 is 23.5 Å². The van der Waals surface area contributed by atoms with Crippen LogP contribution in [0.1, 0.15) is 65.2 Å². The maximum absolute atomic E-state index is 13.4. The molecular formula is C29H40N2O11. The summed E-state index contributed by atoms with van der Waals surface area (Å²) in [6, 6.07) is -1.33. The number of ketones is 2. The molecule has 13 heteroatoms. The van der Waals surface area contributed by atoms with Crippen LogP contribution < -0.4 is 5.73 Å². The predicted octanol–water partition coefficient (Wildman–Crippen LogP) is 1.36. The van der Waals surface area contributed by atoms with Crippen molar-refractivity contribution in [1.29, 1.82) is 0 Å². The van der Waals surface area contributed by atoms with Crippen LogP contribution >= 0.6 is 0 Å². The summed E-state index contributed by atoms with van der Waals surface area (Å²) in [5, 5.41) is 32.4. The Morgan fingerprint density at radius 3 is 2.64 bits per heavy atom. The standard InChI is InChI=1S/C29H40N2O11/c1-27-9-7-18(32)13-17(27)5-6-19-20-8-10-29(37,28(20,2)15-22(33)25(19)27)23(34)16-41-24(35)14-21(30)26(36)40-11-3-4-12-42-31(38)39/h5,7,9,19-22,25,33,37H,3-4,6,8,10-16,30H2,1-2H3/t19-,20-,21?,22-,25+,27-,28-,29-/m0/s1. The highest BCUT2D eigenvalue weighted by Gasteiger charge is 2.68. The van der Waals surface area contributed by atoms with Gasteiger partial charge in [0.05, 0.1) is 25.7 Å². The molecule has 0 spiro atoms. The molecule has 4 aliphatic rings. The Labute approximate surface area is 243 Å². The van der Waals surface area contributed by atoms with Gasteiger partial charge in [-0.15, -0.1) is 10.1 Å². The number of rotatable bonds is 12. The van der Waals surface area contributed by atoms with E-state index in [-0.39, 0.29) is 56.0 Å². The summed E-state index contributed by atoms with van der Waals surface area (Å²) < 4.78 is 10.1. The molecule has 42 heavy (non-hydrogen) atoms. The van der Waals surface area contributed by atoms with E-state index in [0.29, 0.717) is 25.7 Å². The summed E-state index contributed by atoms with van der Waals surface area (Å²) in [7, 11) is 0. The summed E-state index contributed by atoms with van der Waals surface area (Å²) >= 11 is 0. The Bertz CT molecular complexity index is 1180. The molecule has 0 aromatic rings. The second-order valence-corrected chi connectivity index (χ2v) is 12.4. The lowest BCUT2D eigenvalue weighted by molar-refractivity contribution is -0.757. The molecule has 0 saturated heterocycles. The zero-order valence-electron chi connectivity index (χ0n) is 24.0. The summed E-state index contributed by atoms with van der Waals surface area (Å²) in [5.74, 6) is -2.61. The predicted molar refractivity (Wildman–Crippen MR) is 145 cm³/mol. The van der Waals surface area contributed by atoms with E-state index in [4.69, 9.17) is 15.2 Å². The molecule has 0 bridgehead atoms. The van der Waals surface area contributed by atoms with Crippen molar-refractivity contribution in [2.45, 2.75) is 83.0 Å². The molecule has 4 rings (SSSR count). The second kappa shape index (κ2) is 12.2. The van der Waals surface area contributed by atoms with E-state index in [1.807, 2.05) is 19.9 Å². The Morgan fingerprint density at radius 1 is 1.21 bits per heavy atom. The molecule has 8 atom stereocenters. The molecule has 0 amide bonds. The molecule has 0 aromatic heterocycles. The number of aliphatic hydroxyl groups excluding tert-OH is 1. The fourth-order valence-electron chi connectivity index (χ4n) is 7.91. The van der Waals surface area contributed by atoms with Crippen molar-refractivity contribution in [2.75, 3.05) is 19.8 Å². The van der Waals surface area contributed by atoms with Crippen LogP contribution in [-0.4, -0.2) is 76.4 Å². The number of allylic oxidation sites excluding steroid dienone is 4. The quantitative estimate of drug-likeness (QED) is 0.0965. The highest BCUT2D eigenvalue weighted by Crippen LogP contribution is 2.66. The van der Waals surface area contributed by atoms with Gasteiger partial charge in [0.1, 0.15) is 11.6 Å². The maximum atomic E-state index is 13.4. The first-order valence-corrected chi connectivity index (χ1v) is 14.4. The van der Waals surface area contributed by atoms with Crippen molar-refractivity contribution in [3.8, 4) is 0 Å². The highest BCUT2D eigenvalue weighted by atomic mass is 16.9. The van der Waals surface area contributed by atoms with E-state index in [1.54, 1.807) is 6.08 Å². The molecular weight excluding hydrogens is 552 g/mol. The summed E-state index contributed by atoms with van der Waals surface area (Å²) in [4.78, 5) is 64.1. The van der Waals surface area contributed by atoms with Gasteiger partial charge < -0.3 is 30.3 Å². The number of aliphatic hydroxyl groups is 2. The number of esters is 2. The molecule has 13 nitrogen and oxygen atoms in total. The number of nitrogens with zero attached hydrogens (tertiary/aromatic N) is 1. The van der Waals surface area contributed by atoms with Crippen molar-refractivity contribution in [2.24, 2.45) is 34.3 Å². The van der Waals surface area contributed by atoms with E-state index in [0.717, 1.165) is 5.57 Å². The topological polar surface area (TPSA) is 206 Å². The molecule has 4 N–H and O–H groups in total. The lowest BCUT2D eigenvalue weighted by Crippen LogP contribution is -2.61. The fraction of sp³-hybridized carbons (Fsp3) is 0.724. The molecule has 4 aliphatic carbocycles. The minimum atomic E-state index is -1.81. The van der Waals surface area contributed by atoms with Gasteiger partial charge in [-0.3, -0.25) is 19.2 Å². The van der Waals surface area contributed by atoms with E-state index < -0.39 is 64.4 Å². The zero-order chi connectivity index (χ0) is 30.9. The Balaban J connectivity index is 1.31. The smallest absolute Gasteiger partial charge is 0.323 e.